The van der Waals surface area contributed by atoms with Gasteiger partial charge in [-0.25, -0.2) is 8.42 Å². The fourth-order valence-corrected chi connectivity index (χ4v) is 5.38. The molecule has 1 aliphatic heterocycles. The van der Waals surface area contributed by atoms with Crippen molar-refractivity contribution >= 4 is 49.8 Å². The summed E-state index contributed by atoms with van der Waals surface area (Å²) >= 11 is 12.6. The van der Waals surface area contributed by atoms with E-state index < -0.39 is 9.84 Å². The zero-order valence-corrected chi connectivity index (χ0v) is 20.6. The Morgan fingerprint density at radius 3 is 2.53 bits per heavy atom. The summed E-state index contributed by atoms with van der Waals surface area (Å²) < 4.78 is 32.2. The fraction of sp³-hybridized carbons (Fsp3) is 0.348. The molecule has 6 nitrogen and oxygen atoms in total. The van der Waals surface area contributed by atoms with Crippen LogP contribution in [0.2, 0.25) is 10.0 Å². The number of carbonyl (C=O) groups is 1. The summed E-state index contributed by atoms with van der Waals surface area (Å²) in [6.07, 6.45) is 0.955. The smallest absolute Gasteiger partial charge is 0.258 e. The molecule has 0 bridgehead atoms. The molecule has 0 N–H and O–H groups in total. The van der Waals surface area contributed by atoms with E-state index in [1.807, 2.05) is 32.9 Å². The maximum atomic E-state index is 13.6. The summed E-state index contributed by atoms with van der Waals surface area (Å²) in [6.45, 7) is 6.54. The monoisotopic (exact) mass is 494 g/mol. The Morgan fingerprint density at radius 2 is 1.88 bits per heavy atom. The van der Waals surface area contributed by atoms with Gasteiger partial charge in [0.15, 0.2) is 9.84 Å². The second-order valence-electron chi connectivity index (χ2n) is 8.46. The van der Waals surface area contributed by atoms with E-state index in [1.165, 1.54) is 12.1 Å². The minimum atomic E-state index is -3.48. The minimum Gasteiger partial charge on any atom is -0.490 e. The van der Waals surface area contributed by atoms with Crippen LogP contribution in [-0.2, 0) is 16.4 Å². The summed E-state index contributed by atoms with van der Waals surface area (Å²) in [5, 5.41) is 2.00. The second-order valence-corrected chi connectivity index (χ2v) is 11.3. The third-order valence-corrected chi connectivity index (χ3v) is 7.13. The fourth-order valence-electron chi connectivity index (χ4n) is 4.20. The van der Waals surface area contributed by atoms with Crippen LogP contribution in [0.4, 0.5) is 0 Å². The van der Waals surface area contributed by atoms with E-state index in [0.717, 1.165) is 22.9 Å². The van der Waals surface area contributed by atoms with Crippen LogP contribution >= 0.6 is 23.2 Å². The maximum absolute atomic E-state index is 13.6. The van der Waals surface area contributed by atoms with E-state index in [-0.39, 0.29) is 28.5 Å². The normalized spacial score (nSPS) is 16.5. The first kappa shape index (κ1) is 23.0. The van der Waals surface area contributed by atoms with Crippen molar-refractivity contribution in [2.24, 2.45) is 0 Å². The van der Waals surface area contributed by atoms with Gasteiger partial charge in [0, 0.05) is 34.9 Å². The average Bonchev–Trinajstić information content (AvgIpc) is 3.05. The summed E-state index contributed by atoms with van der Waals surface area (Å²) in [4.78, 5) is 15.4. The number of nitrogens with zero attached hydrogens (tertiary/aromatic N) is 2. The van der Waals surface area contributed by atoms with Crippen molar-refractivity contribution in [3.63, 3.8) is 0 Å². The molecule has 1 aliphatic rings. The van der Waals surface area contributed by atoms with E-state index >= 15 is 0 Å². The van der Waals surface area contributed by atoms with E-state index in [1.54, 1.807) is 17.0 Å². The number of benzene rings is 2. The molecule has 0 spiro atoms. The van der Waals surface area contributed by atoms with Gasteiger partial charge >= 0.3 is 0 Å². The summed E-state index contributed by atoms with van der Waals surface area (Å²) in [7, 11) is -3.48. The van der Waals surface area contributed by atoms with E-state index in [4.69, 9.17) is 27.9 Å². The predicted octanol–water partition coefficient (Wildman–Crippen LogP) is 5.36. The number of hydrogen-bond donors (Lipinski definition) is 0. The number of rotatable bonds is 4. The summed E-state index contributed by atoms with van der Waals surface area (Å²) in [6, 6.07) is 9.95. The third-order valence-electron chi connectivity index (χ3n) is 5.49. The van der Waals surface area contributed by atoms with Gasteiger partial charge in [0.1, 0.15) is 5.75 Å². The molecule has 32 heavy (non-hydrogen) atoms. The molecular weight excluding hydrogens is 471 g/mol. The molecule has 170 valence electrons. The van der Waals surface area contributed by atoms with Crippen LogP contribution in [0.15, 0.2) is 41.3 Å². The SMILES string of the molecule is CC(C)Oc1ccc(S(C)(=O)=O)cc1C(=O)N1Cc2cc3c(Cl)cc(Cl)cc3n2C(C)C1. The van der Waals surface area contributed by atoms with Gasteiger partial charge in [-0.05, 0) is 57.2 Å². The van der Waals surface area contributed by atoms with Gasteiger partial charge in [0.25, 0.3) is 5.91 Å². The Bertz CT molecular complexity index is 1330. The van der Waals surface area contributed by atoms with Gasteiger partial charge < -0.3 is 14.2 Å². The molecule has 0 saturated carbocycles. The first-order valence-electron chi connectivity index (χ1n) is 10.2. The highest BCUT2D eigenvalue weighted by atomic mass is 35.5. The maximum Gasteiger partial charge on any atom is 0.258 e. The summed E-state index contributed by atoms with van der Waals surface area (Å²) in [5.41, 5.74) is 2.10. The predicted molar refractivity (Wildman–Crippen MR) is 127 cm³/mol. The number of halogens is 2. The number of sulfone groups is 1. The highest BCUT2D eigenvalue weighted by Crippen LogP contribution is 2.36. The van der Waals surface area contributed by atoms with Crippen LogP contribution in [-0.4, -0.2) is 42.7 Å². The number of carbonyl (C=O) groups excluding carboxylic acids is 1. The Morgan fingerprint density at radius 1 is 1.16 bits per heavy atom. The van der Waals surface area contributed by atoms with Crippen LogP contribution in [0.1, 0.15) is 42.9 Å². The molecule has 1 atom stereocenters. The molecule has 2 aromatic carbocycles. The molecule has 0 fully saturated rings. The molecular formula is C23H24Cl2N2O4S. The number of amides is 1. The molecule has 1 amide bonds. The molecule has 0 aliphatic carbocycles. The molecule has 0 radical (unpaired) electrons. The molecule has 4 rings (SSSR count). The Balaban J connectivity index is 1.76. The topological polar surface area (TPSA) is 68.6 Å². The van der Waals surface area contributed by atoms with Crippen molar-refractivity contribution in [3.8, 4) is 5.75 Å². The van der Waals surface area contributed by atoms with Crippen molar-refractivity contribution in [3.05, 3.63) is 57.7 Å². The number of ether oxygens (including phenoxy) is 1. The largest absolute Gasteiger partial charge is 0.490 e. The van der Waals surface area contributed by atoms with Gasteiger partial charge in [0.05, 0.1) is 33.6 Å². The van der Waals surface area contributed by atoms with Crippen molar-refractivity contribution in [1.82, 2.24) is 9.47 Å². The van der Waals surface area contributed by atoms with Crippen LogP contribution in [0.5, 0.6) is 5.75 Å². The van der Waals surface area contributed by atoms with Crippen LogP contribution in [0.25, 0.3) is 10.9 Å². The van der Waals surface area contributed by atoms with Gasteiger partial charge in [-0.1, -0.05) is 23.2 Å². The Hall–Kier alpha value is -2.22. The van der Waals surface area contributed by atoms with Gasteiger partial charge in [-0.15, -0.1) is 0 Å². The minimum absolute atomic E-state index is 0.0257. The lowest BCUT2D eigenvalue weighted by Gasteiger charge is -2.34. The third kappa shape index (κ3) is 4.21. The van der Waals surface area contributed by atoms with Crippen LogP contribution in [0, 0.1) is 0 Å². The van der Waals surface area contributed by atoms with Crippen molar-refractivity contribution in [2.45, 2.75) is 44.4 Å². The molecule has 1 unspecified atom stereocenters. The lowest BCUT2D eigenvalue weighted by atomic mass is 10.1. The molecule has 3 aromatic rings. The standard InChI is InChI=1S/C23H24Cl2N2O4S/c1-13(2)31-22-6-5-17(32(4,29)30)10-19(22)23(28)26-11-14(3)27-16(12-26)9-18-20(25)7-15(24)8-21(18)27/h5-10,13-14H,11-12H2,1-4H3. The molecule has 2 heterocycles. The van der Waals surface area contributed by atoms with Crippen molar-refractivity contribution in [1.29, 1.82) is 0 Å². The van der Waals surface area contributed by atoms with Gasteiger partial charge in [0.2, 0.25) is 0 Å². The zero-order chi connectivity index (χ0) is 23.4. The number of hydrogen-bond acceptors (Lipinski definition) is 4. The quantitative estimate of drug-likeness (QED) is 0.489. The van der Waals surface area contributed by atoms with E-state index in [0.29, 0.717) is 28.9 Å². The molecule has 0 saturated heterocycles. The van der Waals surface area contributed by atoms with Crippen LogP contribution in [0.3, 0.4) is 0 Å². The van der Waals surface area contributed by atoms with Crippen LogP contribution < -0.4 is 4.74 Å². The molecule has 9 heteroatoms. The molecule has 1 aromatic heterocycles. The van der Waals surface area contributed by atoms with Gasteiger partial charge in [-0.3, -0.25) is 4.79 Å². The van der Waals surface area contributed by atoms with Crippen molar-refractivity contribution in [2.75, 3.05) is 12.8 Å². The Kier molecular flexibility index (Phi) is 5.94. The Labute approximate surface area is 197 Å². The summed E-state index contributed by atoms with van der Waals surface area (Å²) in [5.74, 6) is 0.0876. The van der Waals surface area contributed by atoms with Gasteiger partial charge in [-0.2, -0.15) is 0 Å². The highest BCUT2D eigenvalue weighted by Gasteiger charge is 2.30. The van der Waals surface area contributed by atoms with E-state index in [9.17, 15) is 13.2 Å². The van der Waals surface area contributed by atoms with Crippen molar-refractivity contribution < 1.29 is 17.9 Å². The second kappa shape index (κ2) is 8.28. The lowest BCUT2D eigenvalue weighted by Crippen LogP contribution is -2.40. The zero-order valence-electron chi connectivity index (χ0n) is 18.2. The van der Waals surface area contributed by atoms with E-state index in [2.05, 4.69) is 4.57 Å². The highest BCUT2D eigenvalue weighted by molar-refractivity contribution is 7.90. The first-order valence-corrected chi connectivity index (χ1v) is 12.9. The lowest BCUT2D eigenvalue weighted by molar-refractivity contribution is 0.0681. The number of aromatic nitrogens is 1. The average molecular weight is 495 g/mol. The number of fused-ring (bicyclic) bond motifs is 3. The first-order chi connectivity index (χ1) is 15.0.